The Kier molecular flexibility index (Phi) is 4.98. The lowest BCUT2D eigenvalue weighted by Gasteiger charge is -2.15. The number of aliphatic hydroxyl groups is 1. The number of hydrogen-bond acceptors (Lipinski definition) is 8. The number of likely N-dealkylation sites (tertiary alicyclic amines) is 1. The highest BCUT2D eigenvalue weighted by atomic mass is 32.2. The van der Waals surface area contributed by atoms with E-state index in [4.69, 9.17) is 4.52 Å². The molecule has 2 aromatic rings. The van der Waals surface area contributed by atoms with Crippen LogP contribution < -0.4 is 0 Å². The number of β-amino-alcohol motifs (C(OH)–C–C–N with tert-alkyl or cyclic N) is 1. The molecule has 0 saturated carbocycles. The van der Waals surface area contributed by atoms with Crippen LogP contribution in [0.25, 0.3) is 0 Å². The van der Waals surface area contributed by atoms with Gasteiger partial charge in [-0.1, -0.05) is 28.3 Å². The summed E-state index contributed by atoms with van der Waals surface area (Å²) >= 11 is 2.87. The van der Waals surface area contributed by atoms with E-state index >= 15 is 0 Å². The number of thioether (sulfide) groups is 1. The van der Waals surface area contributed by atoms with Gasteiger partial charge in [0.1, 0.15) is 10.8 Å². The monoisotopic (exact) mass is 354 g/mol. The van der Waals surface area contributed by atoms with Crippen molar-refractivity contribution in [3.63, 3.8) is 0 Å². The highest BCUT2D eigenvalue weighted by molar-refractivity contribution is 8.01. The topological polar surface area (TPSA) is 92.4 Å². The van der Waals surface area contributed by atoms with Gasteiger partial charge in [-0.25, -0.2) is 0 Å². The van der Waals surface area contributed by atoms with Crippen LogP contribution in [0.2, 0.25) is 0 Å². The first-order chi connectivity index (χ1) is 11.0. The van der Waals surface area contributed by atoms with E-state index in [0.717, 1.165) is 20.8 Å². The Balaban J connectivity index is 1.51. The number of carbonyl (C=O) groups is 1. The highest BCUT2D eigenvalue weighted by Gasteiger charge is 2.34. The molecule has 0 bridgehead atoms. The van der Waals surface area contributed by atoms with E-state index in [2.05, 4.69) is 15.4 Å². The Bertz CT molecular complexity index is 687. The van der Waals surface area contributed by atoms with Gasteiger partial charge < -0.3 is 14.5 Å². The number of rotatable bonds is 5. The SMILES string of the molecule is Cc1cc(C[C@@H]2CN(C(=O)CSc3nnc(C)s3)C[C@H]2O)on1. The van der Waals surface area contributed by atoms with E-state index in [1.807, 2.05) is 19.9 Å². The average molecular weight is 354 g/mol. The highest BCUT2D eigenvalue weighted by Crippen LogP contribution is 2.25. The first-order valence-corrected chi connectivity index (χ1v) is 9.12. The largest absolute Gasteiger partial charge is 0.391 e. The van der Waals surface area contributed by atoms with E-state index < -0.39 is 6.10 Å². The number of aliphatic hydroxyl groups excluding tert-OH is 1. The summed E-state index contributed by atoms with van der Waals surface area (Å²) in [4.78, 5) is 14.0. The third-order valence-corrected chi connectivity index (χ3v) is 5.68. The van der Waals surface area contributed by atoms with Gasteiger partial charge in [0.2, 0.25) is 5.91 Å². The lowest BCUT2D eigenvalue weighted by atomic mass is 10.0. The van der Waals surface area contributed by atoms with Crippen LogP contribution in [0.15, 0.2) is 14.9 Å². The zero-order chi connectivity index (χ0) is 16.4. The molecular formula is C14H18N4O3S2. The molecular weight excluding hydrogens is 336 g/mol. The third-order valence-electron chi connectivity index (χ3n) is 3.73. The smallest absolute Gasteiger partial charge is 0.233 e. The molecule has 124 valence electrons. The van der Waals surface area contributed by atoms with Gasteiger partial charge >= 0.3 is 0 Å². The number of amides is 1. The maximum Gasteiger partial charge on any atom is 0.233 e. The summed E-state index contributed by atoms with van der Waals surface area (Å²) in [7, 11) is 0. The van der Waals surface area contributed by atoms with Crippen molar-refractivity contribution in [1.82, 2.24) is 20.3 Å². The van der Waals surface area contributed by atoms with E-state index in [-0.39, 0.29) is 11.8 Å². The first kappa shape index (κ1) is 16.4. The fourth-order valence-electron chi connectivity index (χ4n) is 2.58. The predicted molar refractivity (Wildman–Crippen MR) is 86.4 cm³/mol. The Morgan fingerprint density at radius 1 is 1.48 bits per heavy atom. The van der Waals surface area contributed by atoms with E-state index in [9.17, 15) is 9.90 Å². The summed E-state index contributed by atoms with van der Waals surface area (Å²) in [6, 6.07) is 1.87. The third kappa shape index (κ3) is 4.10. The second kappa shape index (κ2) is 6.98. The lowest BCUT2D eigenvalue weighted by Crippen LogP contribution is -2.31. The number of aromatic nitrogens is 3. The fourth-order valence-corrected chi connectivity index (χ4v) is 4.30. The summed E-state index contributed by atoms with van der Waals surface area (Å²) in [6.45, 7) is 4.65. The van der Waals surface area contributed by atoms with Gasteiger partial charge in [0, 0.05) is 31.5 Å². The standard InChI is InChI=1S/C14H18N4O3S2/c1-8-3-11(21-17-8)4-10-5-18(6-12(10)19)13(20)7-22-14-16-15-9(2)23-14/h3,10,12,19H,4-7H2,1-2H3/t10-,12-/m1/s1. The van der Waals surface area contributed by atoms with Gasteiger partial charge in [-0.2, -0.15) is 0 Å². The Morgan fingerprint density at radius 3 is 2.96 bits per heavy atom. The van der Waals surface area contributed by atoms with Gasteiger partial charge in [-0.15, -0.1) is 10.2 Å². The van der Waals surface area contributed by atoms with Crippen LogP contribution in [0.3, 0.4) is 0 Å². The number of aryl methyl sites for hydroxylation is 2. The lowest BCUT2D eigenvalue weighted by molar-refractivity contribution is -0.127. The number of carbonyl (C=O) groups excluding carboxylic acids is 1. The fraction of sp³-hybridized carbons (Fsp3) is 0.571. The number of hydrogen-bond donors (Lipinski definition) is 1. The Morgan fingerprint density at radius 2 is 2.30 bits per heavy atom. The van der Waals surface area contributed by atoms with Crippen molar-refractivity contribution >= 4 is 29.0 Å². The molecule has 2 aromatic heterocycles. The molecule has 3 heterocycles. The Labute approximate surface area is 142 Å². The maximum atomic E-state index is 12.3. The minimum absolute atomic E-state index is 0.0122. The number of nitrogens with zero attached hydrogens (tertiary/aromatic N) is 4. The molecule has 1 aliphatic heterocycles. The van der Waals surface area contributed by atoms with Crippen molar-refractivity contribution < 1.29 is 14.4 Å². The molecule has 0 aromatic carbocycles. The zero-order valence-electron chi connectivity index (χ0n) is 12.9. The van der Waals surface area contributed by atoms with Gasteiger partial charge in [0.15, 0.2) is 4.34 Å². The summed E-state index contributed by atoms with van der Waals surface area (Å²) in [5, 5.41) is 22.8. The van der Waals surface area contributed by atoms with Crippen molar-refractivity contribution in [1.29, 1.82) is 0 Å². The summed E-state index contributed by atoms with van der Waals surface area (Å²) in [5.74, 6) is 1.06. The van der Waals surface area contributed by atoms with Crippen molar-refractivity contribution in [3.05, 3.63) is 22.5 Å². The molecule has 1 fully saturated rings. The van der Waals surface area contributed by atoms with Crippen LogP contribution in [-0.4, -0.2) is 56.2 Å². The van der Waals surface area contributed by atoms with Crippen molar-refractivity contribution in [2.24, 2.45) is 5.92 Å². The molecule has 3 rings (SSSR count). The van der Waals surface area contributed by atoms with Gasteiger partial charge in [-0.3, -0.25) is 4.79 Å². The molecule has 1 aliphatic rings. The van der Waals surface area contributed by atoms with Gasteiger partial charge in [0.05, 0.1) is 17.6 Å². The zero-order valence-corrected chi connectivity index (χ0v) is 14.6. The van der Waals surface area contributed by atoms with Crippen molar-refractivity contribution in [2.75, 3.05) is 18.8 Å². The molecule has 2 atom stereocenters. The first-order valence-electron chi connectivity index (χ1n) is 7.32. The van der Waals surface area contributed by atoms with E-state index in [1.54, 1.807) is 4.90 Å². The van der Waals surface area contributed by atoms with Crippen LogP contribution in [-0.2, 0) is 11.2 Å². The van der Waals surface area contributed by atoms with Crippen LogP contribution in [0, 0.1) is 19.8 Å². The molecule has 1 saturated heterocycles. The average Bonchev–Trinajstić information content (AvgIpc) is 3.20. The molecule has 0 aliphatic carbocycles. The summed E-state index contributed by atoms with van der Waals surface area (Å²) < 4.78 is 5.99. The normalized spacial score (nSPS) is 21.1. The predicted octanol–water partition coefficient (Wildman–Crippen LogP) is 1.30. The second-order valence-corrected chi connectivity index (χ2v) is 8.04. The van der Waals surface area contributed by atoms with Crippen LogP contribution in [0.4, 0.5) is 0 Å². The summed E-state index contributed by atoms with van der Waals surface area (Å²) in [6.07, 6.45) is 0.0623. The van der Waals surface area contributed by atoms with Crippen LogP contribution >= 0.6 is 23.1 Å². The maximum absolute atomic E-state index is 12.3. The van der Waals surface area contributed by atoms with E-state index in [1.165, 1.54) is 23.1 Å². The van der Waals surface area contributed by atoms with Crippen molar-refractivity contribution in [3.8, 4) is 0 Å². The van der Waals surface area contributed by atoms with Crippen molar-refractivity contribution in [2.45, 2.75) is 30.7 Å². The quantitative estimate of drug-likeness (QED) is 0.809. The molecule has 9 heteroatoms. The molecule has 1 amide bonds. The molecule has 0 radical (unpaired) electrons. The second-order valence-electron chi connectivity index (χ2n) is 5.64. The van der Waals surface area contributed by atoms with Gasteiger partial charge in [0.25, 0.3) is 0 Å². The molecule has 1 N–H and O–H groups in total. The van der Waals surface area contributed by atoms with Gasteiger partial charge in [-0.05, 0) is 13.8 Å². The van der Waals surface area contributed by atoms with Crippen LogP contribution in [0.1, 0.15) is 16.5 Å². The minimum Gasteiger partial charge on any atom is -0.391 e. The molecule has 0 spiro atoms. The minimum atomic E-state index is -0.530. The Hall–Kier alpha value is -1.45. The molecule has 0 unspecified atom stereocenters. The van der Waals surface area contributed by atoms with E-state index in [0.29, 0.717) is 25.3 Å². The molecule has 7 nitrogen and oxygen atoms in total. The summed E-state index contributed by atoms with van der Waals surface area (Å²) in [5.41, 5.74) is 0.823. The molecule has 23 heavy (non-hydrogen) atoms. The van der Waals surface area contributed by atoms with Crippen LogP contribution in [0.5, 0.6) is 0 Å².